The highest BCUT2D eigenvalue weighted by Crippen LogP contribution is 2.31. The van der Waals surface area contributed by atoms with Crippen LogP contribution in [0.3, 0.4) is 0 Å². The Morgan fingerprint density at radius 1 is 1.00 bits per heavy atom. The first-order chi connectivity index (χ1) is 18.7. The van der Waals surface area contributed by atoms with Crippen LogP contribution in [0.4, 0.5) is 26.4 Å². The number of amides is 3. The van der Waals surface area contributed by atoms with E-state index in [1.807, 2.05) is 26.0 Å². The molecule has 0 fully saturated rings. The van der Waals surface area contributed by atoms with Gasteiger partial charge in [0, 0.05) is 48.4 Å². The number of rotatable bonds is 7. The Morgan fingerprint density at radius 3 is 2.56 bits per heavy atom. The molecule has 3 N–H and O–H groups in total. The maximum absolute atomic E-state index is 14.9. The fourth-order valence-electron chi connectivity index (χ4n) is 3.78. The molecule has 3 heterocycles. The van der Waals surface area contributed by atoms with Crippen molar-refractivity contribution >= 4 is 40.1 Å². The SMILES string of the molecule is CC(=O)Nc1cc(Oc2ccc(NC(=O)Nc3cn(C(C)C)nc3-c3ccc4oncc4c3)c(F)c2)ccn1. The Balaban J connectivity index is 1.31. The average molecular weight is 530 g/mol. The molecule has 0 radical (unpaired) electrons. The second-order valence-electron chi connectivity index (χ2n) is 8.92. The van der Waals surface area contributed by atoms with Crippen molar-refractivity contribution < 1.29 is 23.2 Å². The third-order valence-electron chi connectivity index (χ3n) is 5.60. The summed E-state index contributed by atoms with van der Waals surface area (Å²) < 4.78 is 27.4. The zero-order valence-electron chi connectivity index (χ0n) is 21.2. The number of fused-ring (bicyclic) bond motifs is 1. The van der Waals surface area contributed by atoms with E-state index < -0.39 is 11.8 Å². The quantitative estimate of drug-likeness (QED) is 0.228. The summed E-state index contributed by atoms with van der Waals surface area (Å²) in [5, 5.41) is 17.1. The zero-order valence-corrected chi connectivity index (χ0v) is 21.2. The summed E-state index contributed by atoms with van der Waals surface area (Å²) in [5.74, 6) is -0.125. The van der Waals surface area contributed by atoms with Gasteiger partial charge in [-0.1, -0.05) is 5.16 Å². The summed E-state index contributed by atoms with van der Waals surface area (Å²) >= 11 is 0. The number of nitrogens with one attached hydrogen (secondary N) is 3. The third kappa shape index (κ3) is 5.85. The number of aromatic nitrogens is 4. The summed E-state index contributed by atoms with van der Waals surface area (Å²) in [4.78, 5) is 28.1. The first-order valence-corrected chi connectivity index (χ1v) is 12.0. The Bertz CT molecular complexity index is 1680. The molecule has 0 saturated carbocycles. The van der Waals surface area contributed by atoms with Crippen LogP contribution in [0.1, 0.15) is 26.8 Å². The molecule has 11 nitrogen and oxygen atoms in total. The van der Waals surface area contributed by atoms with Gasteiger partial charge in [0.1, 0.15) is 28.8 Å². The highest BCUT2D eigenvalue weighted by Gasteiger charge is 2.17. The predicted octanol–water partition coefficient (Wildman–Crippen LogP) is 6.20. The summed E-state index contributed by atoms with van der Waals surface area (Å²) in [6.45, 7) is 5.30. The Labute approximate surface area is 222 Å². The second kappa shape index (κ2) is 10.6. The molecule has 0 aliphatic carbocycles. The van der Waals surface area contributed by atoms with E-state index in [2.05, 4.69) is 31.2 Å². The van der Waals surface area contributed by atoms with E-state index >= 15 is 0 Å². The Hall–Kier alpha value is -5.26. The normalized spacial score (nSPS) is 11.0. The molecule has 0 unspecified atom stereocenters. The Morgan fingerprint density at radius 2 is 1.79 bits per heavy atom. The number of anilines is 3. The third-order valence-corrected chi connectivity index (χ3v) is 5.60. The van der Waals surface area contributed by atoms with Crippen molar-refractivity contribution in [2.24, 2.45) is 0 Å². The van der Waals surface area contributed by atoms with E-state index in [1.54, 1.807) is 29.2 Å². The summed E-state index contributed by atoms with van der Waals surface area (Å²) in [5.41, 5.74) is 2.34. The van der Waals surface area contributed by atoms with Crippen LogP contribution in [0.5, 0.6) is 11.5 Å². The molecule has 0 aliphatic rings. The molecule has 12 heteroatoms. The van der Waals surface area contributed by atoms with Gasteiger partial charge in [-0.3, -0.25) is 9.48 Å². The number of carbonyl (C=O) groups excluding carboxylic acids is 2. The molecule has 0 saturated heterocycles. The largest absolute Gasteiger partial charge is 0.457 e. The minimum absolute atomic E-state index is 0.0430. The zero-order chi connectivity index (χ0) is 27.5. The minimum Gasteiger partial charge on any atom is -0.457 e. The number of nitrogens with zero attached hydrogens (tertiary/aromatic N) is 4. The van der Waals surface area contributed by atoms with Gasteiger partial charge in [-0.05, 0) is 50.2 Å². The van der Waals surface area contributed by atoms with Crippen molar-refractivity contribution in [2.45, 2.75) is 26.8 Å². The number of urea groups is 1. The van der Waals surface area contributed by atoms with Crippen molar-refractivity contribution in [3.05, 3.63) is 72.9 Å². The van der Waals surface area contributed by atoms with Crippen LogP contribution in [0, 0.1) is 5.82 Å². The monoisotopic (exact) mass is 529 g/mol. The fourth-order valence-corrected chi connectivity index (χ4v) is 3.78. The second-order valence-corrected chi connectivity index (χ2v) is 8.92. The van der Waals surface area contributed by atoms with Crippen LogP contribution in [-0.4, -0.2) is 31.9 Å². The molecular formula is C27H24FN7O4. The van der Waals surface area contributed by atoms with Crippen molar-refractivity contribution in [3.63, 3.8) is 0 Å². The molecule has 0 spiro atoms. The number of hydrogen-bond donors (Lipinski definition) is 3. The lowest BCUT2D eigenvalue weighted by molar-refractivity contribution is -0.114. The van der Waals surface area contributed by atoms with E-state index in [0.29, 0.717) is 28.5 Å². The summed E-state index contributed by atoms with van der Waals surface area (Å²) in [6.07, 6.45) is 4.77. The first kappa shape index (κ1) is 25.4. The van der Waals surface area contributed by atoms with E-state index in [-0.39, 0.29) is 23.4 Å². The molecule has 0 atom stereocenters. The van der Waals surface area contributed by atoms with Gasteiger partial charge in [0.25, 0.3) is 0 Å². The lowest BCUT2D eigenvalue weighted by Crippen LogP contribution is -2.20. The summed E-state index contributed by atoms with van der Waals surface area (Å²) in [6, 6.07) is 12.0. The molecular weight excluding hydrogens is 505 g/mol. The molecule has 5 aromatic rings. The maximum Gasteiger partial charge on any atom is 0.323 e. The van der Waals surface area contributed by atoms with Crippen LogP contribution in [-0.2, 0) is 4.79 Å². The van der Waals surface area contributed by atoms with Crippen LogP contribution in [0.25, 0.3) is 22.2 Å². The predicted molar refractivity (Wildman–Crippen MR) is 143 cm³/mol. The van der Waals surface area contributed by atoms with Gasteiger partial charge in [-0.25, -0.2) is 14.2 Å². The van der Waals surface area contributed by atoms with E-state index in [0.717, 1.165) is 17.0 Å². The number of pyridine rings is 1. The van der Waals surface area contributed by atoms with Gasteiger partial charge < -0.3 is 25.2 Å². The summed E-state index contributed by atoms with van der Waals surface area (Å²) in [7, 11) is 0. The number of benzene rings is 2. The lowest BCUT2D eigenvalue weighted by Gasteiger charge is -2.11. The molecule has 39 heavy (non-hydrogen) atoms. The van der Waals surface area contributed by atoms with Gasteiger partial charge in [-0.2, -0.15) is 5.10 Å². The average Bonchev–Trinajstić information content (AvgIpc) is 3.52. The molecule has 5 rings (SSSR count). The highest BCUT2D eigenvalue weighted by atomic mass is 19.1. The van der Waals surface area contributed by atoms with Crippen LogP contribution >= 0.6 is 0 Å². The smallest absolute Gasteiger partial charge is 0.323 e. The van der Waals surface area contributed by atoms with Gasteiger partial charge in [0.15, 0.2) is 5.58 Å². The maximum atomic E-state index is 14.9. The Kier molecular flexibility index (Phi) is 6.91. The number of ether oxygens (including phenoxy) is 1. The topological polar surface area (TPSA) is 136 Å². The molecule has 3 amide bonds. The van der Waals surface area contributed by atoms with Crippen molar-refractivity contribution in [1.29, 1.82) is 0 Å². The molecule has 198 valence electrons. The molecule has 3 aromatic heterocycles. The van der Waals surface area contributed by atoms with Gasteiger partial charge >= 0.3 is 6.03 Å². The number of hydrogen-bond acceptors (Lipinski definition) is 7. The van der Waals surface area contributed by atoms with E-state index in [4.69, 9.17) is 9.26 Å². The van der Waals surface area contributed by atoms with Gasteiger partial charge in [-0.15, -0.1) is 0 Å². The number of carbonyl (C=O) groups is 2. The van der Waals surface area contributed by atoms with Gasteiger partial charge in [0.05, 0.1) is 17.6 Å². The fraction of sp³-hybridized carbons (Fsp3) is 0.148. The molecule has 0 aliphatic heterocycles. The van der Waals surface area contributed by atoms with Crippen LogP contribution in [0.2, 0.25) is 0 Å². The molecule has 2 aromatic carbocycles. The van der Waals surface area contributed by atoms with Crippen LogP contribution in [0.15, 0.2) is 71.6 Å². The van der Waals surface area contributed by atoms with Crippen molar-refractivity contribution in [1.82, 2.24) is 19.9 Å². The van der Waals surface area contributed by atoms with Gasteiger partial charge in [0.2, 0.25) is 5.91 Å². The van der Waals surface area contributed by atoms with Crippen molar-refractivity contribution in [3.8, 4) is 22.8 Å². The van der Waals surface area contributed by atoms with E-state index in [9.17, 15) is 14.0 Å². The lowest BCUT2D eigenvalue weighted by atomic mass is 10.1. The van der Waals surface area contributed by atoms with Crippen molar-refractivity contribution in [2.75, 3.05) is 16.0 Å². The molecule has 0 bridgehead atoms. The highest BCUT2D eigenvalue weighted by molar-refractivity contribution is 6.02. The van der Waals surface area contributed by atoms with E-state index in [1.165, 1.54) is 31.3 Å². The minimum atomic E-state index is -0.699. The number of halogens is 1. The van der Waals surface area contributed by atoms with Crippen LogP contribution < -0.4 is 20.7 Å². The standard InChI is InChI=1S/C27H24FN7O4/c1-15(2)35-14-23(26(34-35)17-4-7-24-18(10-17)13-30-39-24)33-27(37)32-22-6-5-19(11-21(22)28)38-20-8-9-29-25(12-20)31-16(3)36/h4-15H,1-3H3,(H,29,31,36)(H2,32,33,37). The first-order valence-electron chi connectivity index (χ1n) is 12.0.